The van der Waals surface area contributed by atoms with Gasteiger partial charge in [-0.05, 0) is 37.0 Å². The minimum Gasteiger partial charge on any atom is -0.368 e. The standard InChI is InChI=1S/C19H25F3N2O2/c1-2-3-4-5-6-7-8-16(18(23)26)24-17(25)13-14-9-11-15(12-10-14)19(20,21)22/h2,9-12,16H,1,3-8,13H2,(H2,23,26)(H,24,25)/t16-/m0/s1. The van der Waals surface area contributed by atoms with Gasteiger partial charge in [-0.15, -0.1) is 6.58 Å². The first-order valence-corrected chi connectivity index (χ1v) is 8.59. The SMILES string of the molecule is C=CCCCCCC[C@H](NC(=O)Cc1ccc(C(F)(F)F)cc1)C(N)=O. The van der Waals surface area contributed by atoms with Crippen molar-refractivity contribution >= 4 is 11.8 Å². The van der Waals surface area contributed by atoms with Crippen LogP contribution in [0.4, 0.5) is 13.2 Å². The second-order valence-corrected chi connectivity index (χ2v) is 6.17. The van der Waals surface area contributed by atoms with Gasteiger partial charge in [-0.25, -0.2) is 0 Å². The number of halogens is 3. The molecule has 7 heteroatoms. The van der Waals surface area contributed by atoms with Gasteiger partial charge in [0.2, 0.25) is 11.8 Å². The van der Waals surface area contributed by atoms with Crippen molar-refractivity contribution in [1.29, 1.82) is 0 Å². The maximum atomic E-state index is 12.5. The molecule has 1 atom stereocenters. The fourth-order valence-corrected chi connectivity index (χ4v) is 2.52. The van der Waals surface area contributed by atoms with E-state index in [1.807, 2.05) is 6.08 Å². The molecular weight excluding hydrogens is 345 g/mol. The number of allylic oxidation sites excluding steroid dienone is 1. The minimum atomic E-state index is -4.41. The molecule has 0 aliphatic heterocycles. The normalized spacial score (nSPS) is 12.4. The zero-order chi connectivity index (χ0) is 19.6. The minimum absolute atomic E-state index is 0.110. The van der Waals surface area contributed by atoms with Gasteiger partial charge in [-0.3, -0.25) is 9.59 Å². The quantitative estimate of drug-likeness (QED) is 0.460. The summed E-state index contributed by atoms with van der Waals surface area (Å²) in [4.78, 5) is 23.5. The molecule has 0 aliphatic carbocycles. The van der Waals surface area contributed by atoms with E-state index in [2.05, 4.69) is 11.9 Å². The van der Waals surface area contributed by atoms with E-state index in [1.165, 1.54) is 12.1 Å². The van der Waals surface area contributed by atoms with Crippen molar-refractivity contribution in [3.63, 3.8) is 0 Å². The van der Waals surface area contributed by atoms with Gasteiger partial charge in [0, 0.05) is 0 Å². The number of carbonyl (C=O) groups is 2. The smallest absolute Gasteiger partial charge is 0.368 e. The average molecular weight is 370 g/mol. The summed E-state index contributed by atoms with van der Waals surface area (Å²) in [5.41, 5.74) is 4.98. The molecule has 0 bridgehead atoms. The third-order valence-corrected chi connectivity index (χ3v) is 3.98. The summed E-state index contributed by atoms with van der Waals surface area (Å²) in [5, 5.41) is 2.56. The third kappa shape index (κ3) is 8.18. The lowest BCUT2D eigenvalue weighted by molar-refractivity contribution is -0.137. The van der Waals surface area contributed by atoms with Crippen LogP contribution in [0.25, 0.3) is 0 Å². The van der Waals surface area contributed by atoms with E-state index in [0.29, 0.717) is 12.0 Å². The Bertz CT molecular complexity index is 598. The predicted octanol–water partition coefficient (Wildman–Crippen LogP) is 3.74. The molecule has 1 rings (SSSR count). The Hall–Kier alpha value is -2.31. The summed E-state index contributed by atoms with van der Waals surface area (Å²) in [7, 11) is 0. The predicted molar refractivity (Wildman–Crippen MR) is 94.2 cm³/mol. The van der Waals surface area contributed by atoms with Crippen LogP contribution < -0.4 is 11.1 Å². The van der Waals surface area contributed by atoms with Crippen molar-refractivity contribution in [1.82, 2.24) is 5.32 Å². The first kappa shape index (κ1) is 21.7. The van der Waals surface area contributed by atoms with E-state index in [1.54, 1.807) is 0 Å². The molecule has 0 unspecified atom stereocenters. The van der Waals surface area contributed by atoms with Gasteiger partial charge < -0.3 is 11.1 Å². The molecule has 2 amide bonds. The van der Waals surface area contributed by atoms with Crippen LogP contribution in [0.15, 0.2) is 36.9 Å². The highest BCUT2D eigenvalue weighted by atomic mass is 19.4. The molecular formula is C19H25F3N2O2. The Kier molecular flexibility index (Phi) is 8.88. The van der Waals surface area contributed by atoms with E-state index in [9.17, 15) is 22.8 Å². The van der Waals surface area contributed by atoms with Gasteiger partial charge in [0.05, 0.1) is 12.0 Å². The van der Waals surface area contributed by atoms with Crippen molar-refractivity contribution in [3.05, 3.63) is 48.0 Å². The summed E-state index contributed by atoms with van der Waals surface area (Å²) in [6.07, 6.45) is 2.45. The molecule has 0 aliphatic rings. The highest BCUT2D eigenvalue weighted by molar-refractivity contribution is 5.87. The van der Waals surface area contributed by atoms with E-state index in [4.69, 9.17) is 5.73 Å². The molecule has 0 saturated carbocycles. The number of unbranched alkanes of at least 4 members (excludes halogenated alkanes) is 4. The van der Waals surface area contributed by atoms with E-state index < -0.39 is 29.6 Å². The van der Waals surface area contributed by atoms with Crippen LogP contribution in [-0.2, 0) is 22.2 Å². The van der Waals surface area contributed by atoms with Gasteiger partial charge in [0.1, 0.15) is 6.04 Å². The number of alkyl halides is 3. The Morgan fingerprint density at radius 1 is 1.12 bits per heavy atom. The number of hydrogen-bond acceptors (Lipinski definition) is 2. The number of rotatable bonds is 11. The summed E-state index contributed by atoms with van der Waals surface area (Å²) in [5.74, 6) is -1.06. The molecule has 1 aromatic rings. The maximum Gasteiger partial charge on any atom is 0.416 e. The monoisotopic (exact) mass is 370 g/mol. The fourth-order valence-electron chi connectivity index (χ4n) is 2.52. The van der Waals surface area contributed by atoms with Crippen LogP contribution >= 0.6 is 0 Å². The second kappa shape index (κ2) is 10.6. The van der Waals surface area contributed by atoms with Crippen LogP contribution in [-0.4, -0.2) is 17.9 Å². The molecule has 0 fully saturated rings. The van der Waals surface area contributed by atoms with E-state index in [-0.39, 0.29) is 6.42 Å². The number of benzene rings is 1. The maximum absolute atomic E-state index is 12.5. The van der Waals surface area contributed by atoms with E-state index >= 15 is 0 Å². The first-order valence-electron chi connectivity index (χ1n) is 8.59. The molecule has 0 heterocycles. The highest BCUT2D eigenvalue weighted by Gasteiger charge is 2.30. The van der Waals surface area contributed by atoms with Crippen molar-refractivity contribution in [2.24, 2.45) is 5.73 Å². The third-order valence-electron chi connectivity index (χ3n) is 3.98. The Morgan fingerprint density at radius 2 is 1.73 bits per heavy atom. The zero-order valence-electron chi connectivity index (χ0n) is 14.6. The lowest BCUT2D eigenvalue weighted by atomic mass is 10.0. The molecule has 26 heavy (non-hydrogen) atoms. The molecule has 3 N–H and O–H groups in total. The van der Waals surface area contributed by atoms with Crippen LogP contribution in [0.1, 0.15) is 49.7 Å². The number of hydrogen-bond donors (Lipinski definition) is 2. The highest BCUT2D eigenvalue weighted by Crippen LogP contribution is 2.29. The fraction of sp³-hybridized carbons (Fsp3) is 0.474. The van der Waals surface area contributed by atoms with Gasteiger partial charge in [0.15, 0.2) is 0 Å². The summed E-state index contributed by atoms with van der Waals surface area (Å²) < 4.78 is 37.6. The molecule has 1 aromatic carbocycles. The molecule has 144 valence electrons. The summed E-state index contributed by atoms with van der Waals surface area (Å²) in [6, 6.07) is 3.59. The Balaban J connectivity index is 2.46. The summed E-state index contributed by atoms with van der Waals surface area (Å²) >= 11 is 0. The Labute approximate surface area is 151 Å². The summed E-state index contributed by atoms with van der Waals surface area (Å²) in [6.45, 7) is 3.65. The number of primary amides is 1. The largest absolute Gasteiger partial charge is 0.416 e. The number of carbonyl (C=O) groups excluding carboxylic acids is 2. The lowest BCUT2D eigenvalue weighted by Gasteiger charge is -2.15. The van der Waals surface area contributed by atoms with Gasteiger partial charge in [-0.1, -0.05) is 37.5 Å². The zero-order valence-corrected chi connectivity index (χ0v) is 14.6. The van der Waals surface area contributed by atoms with Gasteiger partial charge in [0.25, 0.3) is 0 Å². The first-order chi connectivity index (χ1) is 12.2. The molecule has 0 saturated heterocycles. The Morgan fingerprint density at radius 3 is 2.27 bits per heavy atom. The van der Waals surface area contributed by atoms with Crippen LogP contribution in [0, 0.1) is 0 Å². The number of nitrogens with one attached hydrogen (secondary N) is 1. The molecule has 4 nitrogen and oxygen atoms in total. The number of amides is 2. The second-order valence-electron chi connectivity index (χ2n) is 6.17. The average Bonchev–Trinajstić information content (AvgIpc) is 2.56. The molecule has 0 spiro atoms. The molecule has 0 aromatic heterocycles. The van der Waals surface area contributed by atoms with Crippen molar-refractivity contribution in [2.45, 2.75) is 57.2 Å². The van der Waals surface area contributed by atoms with Crippen molar-refractivity contribution < 1.29 is 22.8 Å². The van der Waals surface area contributed by atoms with Gasteiger partial charge in [-0.2, -0.15) is 13.2 Å². The molecule has 0 radical (unpaired) electrons. The topological polar surface area (TPSA) is 72.2 Å². The van der Waals surface area contributed by atoms with Crippen molar-refractivity contribution in [2.75, 3.05) is 0 Å². The van der Waals surface area contributed by atoms with Crippen LogP contribution in [0.2, 0.25) is 0 Å². The number of nitrogens with two attached hydrogens (primary N) is 1. The van der Waals surface area contributed by atoms with Gasteiger partial charge >= 0.3 is 6.18 Å². The van der Waals surface area contributed by atoms with Crippen molar-refractivity contribution in [3.8, 4) is 0 Å². The van der Waals surface area contributed by atoms with E-state index in [0.717, 1.165) is 44.2 Å². The van der Waals surface area contributed by atoms with Crippen LogP contribution in [0.5, 0.6) is 0 Å². The van der Waals surface area contributed by atoms with Crippen LogP contribution in [0.3, 0.4) is 0 Å². The lowest BCUT2D eigenvalue weighted by Crippen LogP contribution is -2.44.